The Morgan fingerprint density at radius 3 is 2.42 bits per heavy atom. The molecule has 1 saturated carbocycles. The SMILES string of the molecule is O=C(CSc1ccc2c(c1)OCCCO2)N1CCN(C(=O)C2CC2)CC1. The largest absolute Gasteiger partial charge is 0.490 e. The molecule has 2 amide bonds. The molecular formula is C19H24N2O4S. The fraction of sp³-hybridized carbons (Fsp3) is 0.579. The summed E-state index contributed by atoms with van der Waals surface area (Å²) in [5, 5.41) is 0. The lowest BCUT2D eigenvalue weighted by Crippen LogP contribution is -2.51. The average Bonchev–Trinajstić information content (AvgIpc) is 3.52. The van der Waals surface area contributed by atoms with Crippen molar-refractivity contribution in [2.45, 2.75) is 24.2 Å². The van der Waals surface area contributed by atoms with Gasteiger partial charge in [0.15, 0.2) is 11.5 Å². The summed E-state index contributed by atoms with van der Waals surface area (Å²) in [4.78, 5) is 29.4. The number of hydrogen-bond donors (Lipinski definition) is 0. The molecule has 0 aromatic heterocycles. The molecule has 4 rings (SSSR count). The quantitative estimate of drug-likeness (QED) is 0.753. The predicted molar refractivity (Wildman–Crippen MR) is 98.7 cm³/mol. The molecule has 0 N–H and O–H groups in total. The van der Waals surface area contributed by atoms with Crippen LogP contribution in [0, 0.1) is 5.92 Å². The van der Waals surface area contributed by atoms with Gasteiger partial charge < -0.3 is 19.3 Å². The molecule has 26 heavy (non-hydrogen) atoms. The summed E-state index contributed by atoms with van der Waals surface area (Å²) in [7, 11) is 0. The highest BCUT2D eigenvalue weighted by molar-refractivity contribution is 8.00. The van der Waals surface area contributed by atoms with Gasteiger partial charge in [-0.2, -0.15) is 0 Å². The van der Waals surface area contributed by atoms with Gasteiger partial charge >= 0.3 is 0 Å². The van der Waals surface area contributed by atoms with Crippen LogP contribution in [-0.2, 0) is 9.59 Å². The third-order valence-electron chi connectivity index (χ3n) is 4.95. The van der Waals surface area contributed by atoms with E-state index in [0.29, 0.717) is 45.1 Å². The zero-order chi connectivity index (χ0) is 17.9. The third-order valence-corrected chi connectivity index (χ3v) is 5.93. The number of hydrogen-bond acceptors (Lipinski definition) is 5. The number of amides is 2. The fourth-order valence-corrected chi connectivity index (χ4v) is 4.06. The van der Waals surface area contributed by atoms with Gasteiger partial charge in [-0.1, -0.05) is 0 Å². The van der Waals surface area contributed by atoms with Crippen LogP contribution < -0.4 is 9.47 Å². The maximum absolute atomic E-state index is 12.5. The molecule has 0 radical (unpaired) electrons. The number of carbonyl (C=O) groups excluding carboxylic acids is 2. The summed E-state index contributed by atoms with van der Waals surface area (Å²) >= 11 is 1.52. The predicted octanol–water partition coefficient (Wildman–Crippen LogP) is 2.02. The van der Waals surface area contributed by atoms with Crippen LogP contribution in [0.4, 0.5) is 0 Å². The van der Waals surface area contributed by atoms with Crippen LogP contribution in [0.15, 0.2) is 23.1 Å². The Labute approximate surface area is 157 Å². The Bertz CT molecular complexity index is 684. The average molecular weight is 376 g/mol. The molecule has 1 aromatic rings. The van der Waals surface area contributed by atoms with Crippen molar-refractivity contribution in [2.24, 2.45) is 5.92 Å². The van der Waals surface area contributed by atoms with E-state index < -0.39 is 0 Å². The van der Waals surface area contributed by atoms with Crippen molar-refractivity contribution >= 4 is 23.6 Å². The summed E-state index contributed by atoms with van der Waals surface area (Å²) < 4.78 is 11.3. The Hall–Kier alpha value is -1.89. The maximum atomic E-state index is 12.5. The molecule has 6 nitrogen and oxygen atoms in total. The summed E-state index contributed by atoms with van der Waals surface area (Å²) in [6.45, 7) is 3.93. The first kappa shape index (κ1) is 17.5. The van der Waals surface area contributed by atoms with Gasteiger partial charge in [0.1, 0.15) is 0 Å². The standard InChI is InChI=1S/C19H24N2O4S/c22-18(20-6-8-21(9-7-20)19(23)14-2-3-14)13-26-15-4-5-16-17(12-15)25-11-1-10-24-16/h4-5,12,14H,1-3,6-11,13H2. The highest BCUT2D eigenvalue weighted by atomic mass is 32.2. The van der Waals surface area contributed by atoms with Crippen LogP contribution in [0.3, 0.4) is 0 Å². The van der Waals surface area contributed by atoms with Gasteiger partial charge in [-0.3, -0.25) is 9.59 Å². The van der Waals surface area contributed by atoms with Crippen LogP contribution >= 0.6 is 11.8 Å². The number of thioether (sulfide) groups is 1. The van der Waals surface area contributed by atoms with E-state index in [1.807, 2.05) is 28.0 Å². The molecule has 2 fully saturated rings. The molecule has 0 bridgehead atoms. The maximum Gasteiger partial charge on any atom is 0.233 e. The lowest BCUT2D eigenvalue weighted by Gasteiger charge is -2.35. The molecule has 0 spiro atoms. The van der Waals surface area contributed by atoms with E-state index in [-0.39, 0.29) is 17.7 Å². The third kappa shape index (κ3) is 4.09. The van der Waals surface area contributed by atoms with E-state index in [1.165, 1.54) is 11.8 Å². The van der Waals surface area contributed by atoms with E-state index >= 15 is 0 Å². The van der Waals surface area contributed by atoms with Crippen LogP contribution in [-0.4, -0.2) is 66.8 Å². The number of carbonyl (C=O) groups is 2. The Morgan fingerprint density at radius 2 is 1.69 bits per heavy atom. The molecule has 2 heterocycles. The van der Waals surface area contributed by atoms with Gasteiger partial charge in [-0.05, 0) is 31.0 Å². The second kappa shape index (κ2) is 7.78. The zero-order valence-electron chi connectivity index (χ0n) is 14.8. The summed E-state index contributed by atoms with van der Waals surface area (Å²) in [5.41, 5.74) is 0. The van der Waals surface area contributed by atoms with E-state index in [4.69, 9.17) is 9.47 Å². The summed E-state index contributed by atoms with van der Waals surface area (Å²) in [5.74, 6) is 2.59. The molecule has 7 heteroatoms. The monoisotopic (exact) mass is 376 g/mol. The van der Waals surface area contributed by atoms with Gasteiger partial charge in [-0.25, -0.2) is 0 Å². The molecule has 0 atom stereocenters. The van der Waals surface area contributed by atoms with Crippen LogP contribution in [0.5, 0.6) is 11.5 Å². The van der Waals surface area contributed by atoms with Crippen molar-refractivity contribution in [1.82, 2.24) is 9.80 Å². The molecule has 140 valence electrons. The minimum atomic E-state index is 0.126. The molecule has 0 unspecified atom stereocenters. The lowest BCUT2D eigenvalue weighted by atomic mass is 10.2. The van der Waals surface area contributed by atoms with Gasteiger partial charge in [-0.15, -0.1) is 11.8 Å². The number of ether oxygens (including phenoxy) is 2. The Balaban J connectivity index is 1.26. The molecule has 2 aliphatic heterocycles. The number of nitrogens with zero attached hydrogens (tertiary/aromatic N) is 2. The topological polar surface area (TPSA) is 59.1 Å². The Kier molecular flexibility index (Phi) is 5.24. The molecule has 3 aliphatic rings. The summed E-state index contributed by atoms with van der Waals surface area (Å²) in [6, 6.07) is 5.83. The van der Waals surface area contributed by atoms with E-state index in [1.54, 1.807) is 0 Å². The van der Waals surface area contributed by atoms with Gasteiger partial charge in [0.25, 0.3) is 0 Å². The highest BCUT2D eigenvalue weighted by Crippen LogP contribution is 2.34. The first-order valence-corrected chi connectivity index (χ1v) is 10.3. The van der Waals surface area contributed by atoms with Crippen molar-refractivity contribution < 1.29 is 19.1 Å². The van der Waals surface area contributed by atoms with Gasteiger partial charge in [0.05, 0.1) is 19.0 Å². The van der Waals surface area contributed by atoms with E-state index in [0.717, 1.165) is 35.7 Å². The first-order valence-electron chi connectivity index (χ1n) is 9.30. The fourth-order valence-electron chi connectivity index (χ4n) is 3.23. The summed E-state index contributed by atoms with van der Waals surface area (Å²) in [6.07, 6.45) is 2.94. The van der Waals surface area contributed by atoms with Crippen LogP contribution in [0.2, 0.25) is 0 Å². The number of fused-ring (bicyclic) bond motifs is 1. The van der Waals surface area contributed by atoms with Crippen molar-refractivity contribution in [3.63, 3.8) is 0 Å². The highest BCUT2D eigenvalue weighted by Gasteiger charge is 2.35. The molecule has 1 saturated heterocycles. The zero-order valence-corrected chi connectivity index (χ0v) is 15.6. The smallest absolute Gasteiger partial charge is 0.233 e. The molecule has 1 aliphatic carbocycles. The van der Waals surface area contributed by atoms with Gasteiger partial charge in [0, 0.05) is 43.4 Å². The minimum absolute atomic E-state index is 0.126. The van der Waals surface area contributed by atoms with Gasteiger partial charge in [0.2, 0.25) is 11.8 Å². The van der Waals surface area contributed by atoms with Crippen molar-refractivity contribution in [3.8, 4) is 11.5 Å². The Morgan fingerprint density at radius 1 is 1.00 bits per heavy atom. The van der Waals surface area contributed by atoms with Crippen molar-refractivity contribution in [2.75, 3.05) is 45.1 Å². The first-order chi connectivity index (χ1) is 12.7. The molecule has 1 aromatic carbocycles. The normalized spacial score (nSPS) is 19.8. The van der Waals surface area contributed by atoms with Crippen molar-refractivity contribution in [1.29, 1.82) is 0 Å². The van der Waals surface area contributed by atoms with E-state index in [2.05, 4.69) is 0 Å². The second-order valence-corrected chi connectivity index (χ2v) is 7.98. The van der Waals surface area contributed by atoms with Crippen molar-refractivity contribution in [3.05, 3.63) is 18.2 Å². The van der Waals surface area contributed by atoms with E-state index in [9.17, 15) is 9.59 Å². The van der Waals surface area contributed by atoms with Crippen LogP contribution in [0.1, 0.15) is 19.3 Å². The minimum Gasteiger partial charge on any atom is -0.490 e. The lowest BCUT2D eigenvalue weighted by molar-refractivity contribution is -0.139. The van der Waals surface area contributed by atoms with Crippen LogP contribution in [0.25, 0.3) is 0 Å². The number of benzene rings is 1. The number of rotatable bonds is 4. The number of piperazine rings is 1. The second-order valence-electron chi connectivity index (χ2n) is 6.93. The molecular weight excluding hydrogens is 352 g/mol.